The standard InChI is InChI=1S/C17H14N2/c1-13-11-12-17(19-18-13)16-10-6-5-9-15(16)14-7-3-2-4-8-14/h2-12H,1H3. The van der Waals surface area contributed by atoms with Gasteiger partial charge in [0.25, 0.3) is 0 Å². The lowest BCUT2D eigenvalue weighted by Crippen LogP contribution is -1.91. The minimum absolute atomic E-state index is 0.907. The fraction of sp³-hybridized carbons (Fsp3) is 0.0588. The largest absolute Gasteiger partial charge is 0.155 e. The number of aromatic nitrogens is 2. The Balaban J connectivity index is 2.15. The van der Waals surface area contributed by atoms with Crippen LogP contribution in [0.2, 0.25) is 0 Å². The highest BCUT2D eigenvalue weighted by Crippen LogP contribution is 2.30. The monoisotopic (exact) mass is 246 g/mol. The molecule has 0 radical (unpaired) electrons. The van der Waals surface area contributed by atoms with Crippen LogP contribution in [0, 0.1) is 6.92 Å². The van der Waals surface area contributed by atoms with Gasteiger partial charge >= 0.3 is 0 Å². The van der Waals surface area contributed by atoms with Gasteiger partial charge < -0.3 is 0 Å². The average Bonchev–Trinajstić information content (AvgIpc) is 2.49. The van der Waals surface area contributed by atoms with Gasteiger partial charge in [-0.2, -0.15) is 10.2 Å². The van der Waals surface area contributed by atoms with Crippen LogP contribution >= 0.6 is 0 Å². The van der Waals surface area contributed by atoms with Gasteiger partial charge in [-0.3, -0.25) is 0 Å². The first kappa shape index (κ1) is 11.6. The zero-order valence-corrected chi connectivity index (χ0v) is 10.7. The molecule has 0 aliphatic carbocycles. The van der Waals surface area contributed by atoms with Gasteiger partial charge in [-0.05, 0) is 30.2 Å². The van der Waals surface area contributed by atoms with Crippen LogP contribution < -0.4 is 0 Å². The van der Waals surface area contributed by atoms with Crippen molar-refractivity contribution >= 4 is 0 Å². The predicted octanol–water partition coefficient (Wildman–Crippen LogP) is 4.12. The van der Waals surface area contributed by atoms with Crippen molar-refractivity contribution in [3.8, 4) is 22.4 Å². The Morgan fingerprint density at radius 3 is 2.00 bits per heavy atom. The maximum Gasteiger partial charge on any atom is 0.0936 e. The molecule has 0 spiro atoms. The normalized spacial score (nSPS) is 10.4. The second-order valence-corrected chi connectivity index (χ2v) is 4.47. The molecule has 0 aliphatic heterocycles. The summed E-state index contributed by atoms with van der Waals surface area (Å²) in [5.41, 5.74) is 5.33. The van der Waals surface area contributed by atoms with E-state index in [9.17, 15) is 0 Å². The summed E-state index contributed by atoms with van der Waals surface area (Å²) in [5, 5.41) is 8.42. The van der Waals surface area contributed by atoms with Crippen molar-refractivity contribution in [3.63, 3.8) is 0 Å². The van der Waals surface area contributed by atoms with E-state index in [1.54, 1.807) is 0 Å². The van der Waals surface area contributed by atoms with E-state index in [4.69, 9.17) is 0 Å². The zero-order valence-electron chi connectivity index (χ0n) is 10.7. The molecule has 0 unspecified atom stereocenters. The molecule has 0 amide bonds. The first-order chi connectivity index (χ1) is 9.34. The van der Waals surface area contributed by atoms with E-state index >= 15 is 0 Å². The highest BCUT2D eigenvalue weighted by atomic mass is 15.1. The highest BCUT2D eigenvalue weighted by molar-refractivity contribution is 5.81. The number of benzene rings is 2. The minimum Gasteiger partial charge on any atom is -0.155 e. The van der Waals surface area contributed by atoms with Crippen LogP contribution in [0.4, 0.5) is 0 Å². The van der Waals surface area contributed by atoms with Gasteiger partial charge in [0, 0.05) is 5.56 Å². The molecule has 3 rings (SSSR count). The minimum atomic E-state index is 0.907. The molecule has 0 aliphatic rings. The SMILES string of the molecule is Cc1ccc(-c2ccccc2-c2ccccc2)nn1. The summed E-state index contributed by atoms with van der Waals surface area (Å²) in [6.45, 7) is 1.94. The van der Waals surface area contributed by atoms with Gasteiger partial charge in [0.1, 0.15) is 0 Å². The van der Waals surface area contributed by atoms with Gasteiger partial charge in [0.2, 0.25) is 0 Å². The number of nitrogens with zero attached hydrogens (tertiary/aromatic N) is 2. The van der Waals surface area contributed by atoms with E-state index in [1.165, 1.54) is 11.1 Å². The maximum atomic E-state index is 4.28. The van der Waals surface area contributed by atoms with Crippen LogP contribution in [0.15, 0.2) is 66.7 Å². The molecule has 0 saturated carbocycles. The molecule has 0 fully saturated rings. The van der Waals surface area contributed by atoms with E-state index in [-0.39, 0.29) is 0 Å². The summed E-state index contributed by atoms with van der Waals surface area (Å²) < 4.78 is 0. The predicted molar refractivity (Wildman–Crippen MR) is 77.6 cm³/mol. The summed E-state index contributed by atoms with van der Waals surface area (Å²) in [4.78, 5) is 0. The molecule has 19 heavy (non-hydrogen) atoms. The Morgan fingerprint density at radius 1 is 0.632 bits per heavy atom. The first-order valence-corrected chi connectivity index (χ1v) is 6.30. The molecule has 0 saturated heterocycles. The lowest BCUT2D eigenvalue weighted by molar-refractivity contribution is 0.987. The van der Waals surface area contributed by atoms with Gasteiger partial charge in [-0.1, -0.05) is 54.6 Å². The number of hydrogen-bond acceptors (Lipinski definition) is 2. The van der Waals surface area contributed by atoms with Gasteiger partial charge in [0.15, 0.2) is 0 Å². The lowest BCUT2D eigenvalue weighted by Gasteiger charge is -2.08. The molecular weight excluding hydrogens is 232 g/mol. The van der Waals surface area contributed by atoms with Crippen LogP contribution in [0.5, 0.6) is 0 Å². The summed E-state index contributed by atoms with van der Waals surface area (Å²) >= 11 is 0. The maximum absolute atomic E-state index is 4.28. The van der Waals surface area contributed by atoms with Crippen molar-refractivity contribution in [1.82, 2.24) is 10.2 Å². The topological polar surface area (TPSA) is 25.8 Å². The lowest BCUT2D eigenvalue weighted by atomic mass is 9.97. The third-order valence-electron chi connectivity index (χ3n) is 3.09. The smallest absolute Gasteiger partial charge is 0.0936 e. The molecule has 0 atom stereocenters. The van der Waals surface area contributed by atoms with Crippen molar-refractivity contribution < 1.29 is 0 Å². The molecule has 92 valence electrons. The molecule has 2 nitrogen and oxygen atoms in total. The molecule has 2 aromatic carbocycles. The van der Waals surface area contributed by atoms with E-state index in [0.29, 0.717) is 0 Å². The van der Waals surface area contributed by atoms with Gasteiger partial charge in [0.05, 0.1) is 11.4 Å². The quantitative estimate of drug-likeness (QED) is 0.679. The molecule has 3 aromatic rings. The van der Waals surface area contributed by atoms with Crippen molar-refractivity contribution in [2.75, 3.05) is 0 Å². The average molecular weight is 246 g/mol. The van der Waals surface area contributed by atoms with Crippen LogP contribution in [0.1, 0.15) is 5.69 Å². The Morgan fingerprint density at radius 2 is 1.32 bits per heavy atom. The summed E-state index contributed by atoms with van der Waals surface area (Å²) in [6.07, 6.45) is 0. The van der Waals surface area contributed by atoms with Gasteiger partial charge in [-0.25, -0.2) is 0 Å². The van der Waals surface area contributed by atoms with E-state index in [0.717, 1.165) is 17.0 Å². The summed E-state index contributed by atoms with van der Waals surface area (Å²) in [6, 6.07) is 22.6. The molecule has 2 heteroatoms. The fourth-order valence-corrected chi connectivity index (χ4v) is 2.12. The Kier molecular flexibility index (Phi) is 3.07. The Hall–Kier alpha value is -2.48. The molecular formula is C17H14N2. The highest BCUT2D eigenvalue weighted by Gasteiger charge is 2.07. The van der Waals surface area contributed by atoms with Crippen LogP contribution in [-0.4, -0.2) is 10.2 Å². The summed E-state index contributed by atoms with van der Waals surface area (Å²) in [7, 11) is 0. The van der Waals surface area contributed by atoms with Crippen molar-refractivity contribution in [1.29, 1.82) is 0 Å². The first-order valence-electron chi connectivity index (χ1n) is 6.30. The third kappa shape index (κ3) is 2.38. The van der Waals surface area contributed by atoms with Crippen molar-refractivity contribution in [3.05, 3.63) is 72.4 Å². The van der Waals surface area contributed by atoms with E-state index in [2.05, 4.69) is 34.5 Å². The number of aryl methyl sites for hydroxylation is 1. The van der Waals surface area contributed by atoms with E-state index < -0.39 is 0 Å². The molecule has 1 aromatic heterocycles. The zero-order chi connectivity index (χ0) is 13.1. The van der Waals surface area contributed by atoms with Crippen LogP contribution in [0.3, 0.4) is 0 Å². The van der Waals surface area contributed by atoms with E-state index in [1.807, 2.05) is 49.4 Å². The molecule has 0 N–H and O–H groups in total. The number of hydrogen-bond donors (Lipinski definition) is 0. The number of rotatable bonds is 2. The third-order valence-corrected chi connectivity index (χ3v) is 3.09. The molecule has 1 heterocycles. The van der Waals surface area contributed by atoms with Crippen LogP contribution in [0.25, 0.3) is 22.4 Å². The van der Waals surface area contributed by atoms with Crippen LogP contribution in [-0.2, 0) is 0 Å². The second-order valence-electron chi connectivity index (χ2n) is 4.47. The molecule has 0 bridgehead atoms. The Labute approximate surface area is 112 Å². The van der Waals surface area contributed by atoms with Crippen molar-refractivity contribution in [2.24, 2.45) is 0 Å². The second kappa shape index (κ2) is 5.02. The van der Waals surface area contributed by atoms with Gasteiger partial charge in [-0.15, -0.1) is 0 Å². The summed E-state index contributed by atoms with van der Waals surface area (Å²) in [5.74, 6) is 0. The van der Waals surface area contributed by atoms with Crippen molar-refractivity contribution in [2.45, 2.75) is 6.92 Å². The fourth-order valence-electron chi connectivity index (χ4n) is 2.12. The Bertz CT molecular complexity index is 673.